The zero-order chi connectivity index (χ0) is 12.5. The molecule has 0 aliphatic rings. The molecule has 0 unspecified atom stereocenters. The Kier molecular flexibility index (Phi) is 3.23. The van der Waals surface area contributed by atoms with Gasteiger partial charge in [-0.25, -0.2) is 0 Å². The van der Waals surface area contributed by atoms with Crippen LogP contribution < -0.4 is 0 Å². The molecule has 1 aromatic carbocycles. The van der Waals surface area contributed by atoms with Gasteiger partial charge < -0.3 is 0 Å². The van der Waals surface area contributed by atoms with Gasteiger partial charge in [0, 0.05) is 11.6 Å². The van der Waals surface area contributed by atoms with Crippen LogP contribution in [0, 0.1) is 11.5 Å². The Bertz CT molecular complexity index is 617. The zero-order valence-corrected chi connectivity index (χ0v) is 12.0. The third kappa shape index (κ3) is 2.88. The highest BCUT2D eigenvalue weighted by molar-refractivity contribution is 6.83. The lowest BCUT2D eigenvalue weighted by Gasteiger charge is -2.05. The Balaban J connectivity index is 2.56. The van der Waals surface area contributed by atoms with Crippen LogP contribution in [0.4, 0.5) is 0 Å². The normalized spacial score (nSPS) is 11.1. The van der Waals surface area contributed by atoms with Crippen LogP contribution in [-0.2, 0) is 0 Å². The molecule has 0 radical (unpaired) electrons. The molecule has 0 bridgehead atoms. The van der Waals surface area contributed by atoms with Crippen molar-refractivity contribution in [2.45, 2.75) is 19.6 Å². The average Bonchev–Trinajstić information content (AvgIpc) is 2.27. The van der Waals surface area contributed by atoms with E-state index in [0.29, 0.717) is 5.02 Å². The van der Waals surface area contributed by atoms with Crippen LogP contribution in [-0.4, -0.2) is 13.1 Å². The van der Waals surface area contributed by atoms with Crippen molar-refractivity contribution in [3.63, 3.8) is 0 Å². The molecule has 2 aromatic rings. The fourth-order valence-corrected chi connectivity index (χ4v) is 2.22. The van der Waals surface area contributed by atoms with E-state index in [4.69, 9.17) is 11.6 Å². The number of halogens is 1. The SMILES string of the molecule is C[Si](C)(C)C#Cc1cnc2ccccc2c1Cl. The first kappa shape index (κ1) is 12.2. The lowest BCUT2D eigenvalue weighted by molar-refractivity contribution is 1.39. The summed E-state index contributed by atoms with van der Waals surface area (Å²) in [5.41, 5.74) is 5.05. The fraction of sp³-hybridized carbons (Fsp3) is 0.214. The van der Waals surface area contributed by atoms with E-state index in [0.717, 1.165) is 16.5 Å². The second-order valence-corrected chi connectivity index (χ2v) is 10.1. The lowest BCUT2D eigenvalue weighted by Crippen LogP contribution is -2.16. The number of hydrogen-bond donors (Lipinski definition) is 0. The van der Waals surface area contributed by atoms with Gasteiger partial charge in [-0.1, -0.05) is 55.4 Å². The maximum atomic E-state index is 6.34. The van der Waals surface area contributed by atoms with Crippen molar-refractivity contribution in [3.8, 4) is 11.5 Å². The van der Waals surface area contributed by atoms with Gasteiger partial charge in [0.25, 0.3) is 0 Å². The van der Waals surface area contributed by atoms with Crippen molar-refractivity contribution < 1.29 is 0 Å². The van der Waals surface area contributed by atoms with Gasteiger partial charge in [0.15, 0.2) is 0 Å². The highest BCUT2D eigenvalue weighted by Crippen LogP contribution is 2.24. The maximum Gasteiger partial charge on any atom is 0.129 e. The summed E-state index contributed by atoms with van der Waals surface area (Å²) in [5, 5.41) is 1.68. The summed E-state index contributed by atoms with van der Waals surface area (Å²) >= 11 is 6.34. The summed E-state index contributed by atoms with van der Waals surface area (Å²) in [7, 11) is -1.38. The molecule has 0 fully saturated rings. The quantitative estimate of drug-likeness (QED) is 0.512. The van der Waals surface area contributed by atoms with Crippen molar-refractivity contribution in [2.24, 2.45) is 0 Å². The second kappa shape index (κ2) is 4.52. The Hall–Kier alpha value is -1.30. The average molecular weight is 260 g/mol. The Morgan fingerprint density at radius 3 is 2.59 bits per heavy atom. The zero-order valence-electron chi connectivity index (χ0n) is 10.2. The van der Waals surface area contributed by atoms with E-state index in [1.54, 1.807) is 6.20 Å². The van der Waals surface area contributed by atoms with Crippen LogP contribution in [0.3, 0.4) is 0 Å². The van der Waals surface area contributed by atoms with Gasteiger partial charge in [0.2, 0.25) is 0 Å². The van der Waals surface area contributed by atoms with Crippen molar-refractivity contribution in [3.05, 3.63) is 41.0 Å². The van der Waals surface area contributed by atoms with E-state index in [2.05, 4.69) is 36.1 Å². The molecular formula is C14H14ClNSi. The molecule has 0 aliphatic heterocycles. The minimum absolute atomic E-state index is 0.710. The smallest absolute Gasteiger partial charge is 0.129 e. The fourth-order valence-electron chi connectivity index (χ4n) is 1.45. The molecule has 0 saturated carbocycles. The molecule has 0 aliphatic carbocycles. The molecule has 17 heavy (non-hydrogen) atoms. The molecule has 0 spiro atoms. The number of rotatable bonds is 0. The van der Waals surface area contributed by atoms with E-state index in [1.807, 2.05) is 24.3 Å². The molecule has 0 N–H and O–H groups in total. The maximum absolute atomic E-state index is 6.34. The predicted molar refractivity (Wildman–Crippen MR) is 77.0 cm³/mol. The standard InChI is InChI=1S/C14H14ClNSi/c1-17(2,3)9-8-11-10-16-13-7-5-4-6-12(13)14(11)15/h4-7,10H,1-3H3. The summed E-state index contributed by atoms with van der Waals surface area (Å²) in [5.74, 6) is 3.16. The first-order valence-corrected chi connectivity index (χ1v) is 9.41. The van der Waals surface area contributed by atoms with E-state index in [-0.39, 0.29) is 0 Å². The molecule has 86 valence electrons. The summed E-state index contributed by atoms with van der Waals surface area (Å²) in [6.07, 6.45) is 1.76. The molecule has 1 heterocycles. The summed E-state index contributed by atoms with van der Waals surface area (Å²) in [6.45, 7) is 6.63. The van der Waals surface area contributed by atoms with Crippen LogP contribution in [0.5, 0.6) is 0 Å². The van der Waals surface area contributed by atoms with Crippen LogP contribution in [0.25, 0.3) is 10.9 Å². The van der Waals surface area contributed by atoms with Gasteiger partial charge in [0.05, 0.1) is 16.1 Å². The molecule has 0 amide bonds. The second-order valence-electron chi connectivity index (χ2n) is 5.00. The monoisotopic (exact) mass is 259 g/mol. The number of hydrogen-bond acceptors (Lipinski definition) is 1. The van der Waals surface area contributed by atoms with Crippen molar-refractivity contribution in [1.82, 2.24) is 4.98 Å². The first-order chi connectivity index (χ1) is 7.97. The molecule has 1 nitrogen and oxygen atoms in total. The number of aromatic nitrogens is 1. The Morgan fingerprint density at radius 2 is 1.88 bits per heavy atom. The number of pyridine rings is 1. The number of benzene rings is 1. The van der Waals surface area contributed by atoms with Gasteiger partial charge in [-0.05, 0) is 6.07 Å². The largest absolute Gasteiger partial charge is 0.255 e. The summed E-state index contributed by atoms with van der Waals surface area (Å²) in [6, 6.07) is 7.85. The molecular weight excluding hydrogens is 246 g/mol. The minimum atomic E-state index is -1.38. The summed E-state index contributed by atoms with van der Waals surface area (Å²) in [4.78, 5) is 4.37. The van der Waals surface area contributed by atoms with Crippen LogP contribution in [0.1, 0.15) is 5.56 Å². The van der Waals surface area contributed by atoms with Gasteiger partial charge in [0.1, 0.15) is 8.07 Å². The van der Waals surface area contributed by atoms with Gasteiger partial charge in [-0.3, -0.25) is 4.98 Å². The van der Waals surface area contributed by atoms with Crippen molar-refractivity contribution >= 4 is 30.6 Å². The first-order valence-electron chi connectivity index (χ1n) is 5.54. The topological polar surface area (TPSA) is 12.9 Å². The Labute approximate surface area is 108 Å². The van der Waals surface area contributed by atoms with E-state index < -0.39 is 8.07 Å². The van der Waals surface area contributed by atoms with Crippen LogP contribution in [0.15, 0.2) is 30.5 Å². The molecule has 0 saturated heterocycles. The van der Waals surface area contributed by atoms with E-state index in [1.165, 1.54) is 0 Å². The molecule has 2 rings (SSSR count). The number of fused-ring (bicyclic) bond motifs is 1. The van der Waals surface area contributed by atoms with Crippen molar-refractivity contribution in [2.75, 3.05) is 0 Å². The van der Waals surface area contributed by atoms with Crippen LogP contribution >= 0.6 is 11.6 Å². The Morgan fingerprint density at radius 1 is 1.18 bits per heavy atom. The van der Waals surface area contributed by atoms with E-state index >= 15 is 0 Å². The third-order valence-electron chi connectivity index (χ3n) is 2.28. The van der Waals surface area contributed by atoms with Gasteiger partial charge in [-0.15, -0.1) is 5.54 Å². The van der Waals surface area contributed by atoms with E-state index in [9.17, 15) is 0 Å². The predicted octanol–water partition coefficient (Wildman–Crippen LogP) is 4.12. The summed E-state index contributed by atoms with van der Waals surface area (Å²) < 4.78 is 0. The van der Waals surface area contributed by atoms with Gasteiger partial charge in [-0.2, -0.15) is 0 Å². The highest BCUT2D eigenvalue weighted by Gasteiger charge is 2.09. The number of nitrogens with zero attached hydrogens (tertiary/aromatic N) is 1. The third-order valence-corrected chi connectivity index (χ3v) is 3.56. The van der Waals surface area contributed by atoms with Crippen molar-refractivity contribution in [1.29, 1.82) is 0 Å². The lowest BCUT2D eigenvalue weighted by atomic mass is 10.2. The molecule has 3 heteroatoms. The minimum Gasteiger partial charge on any atom is -0.255 e. The molecule has 1 aromatic heterocycles. The molecule has 0 atom stereocenters. The van der Waals surface area contributed by atoms with Gasteiger partial charge >= 0.3 is 0 Å². The van der Waals surface area contributed by atoms with Crippen LogP contribution in [0.2, 0.25) is 24.7 Å². The number of para-hydroxylation sites is 1. The highest BCUT2D eigenvalue weighted by atomic mass is 35.5.